The second-order valence-corrected chi connectivity index (χ2v) is 9.25. The Hall–Kier alpha value is -2.67. The summed E-state index contributed by atoms with van der Waals surface area (Å²) in [4.78, 5) is 12.7. The van der Waals surface area contributed by atoms with Gasteiger partial charge in [-0.05, 0) is 63.3 Å². The van der Waals surface area contributed by atoms with Gasteiger partial charge < -0.3 is 0 Å². The van der Waals surface area contributed by atoms with Gasteiger partial charge in [-0.15, -0.1) is 0 Å². The molecule has 3 rings (SSSR count). The molecule has 1 saturated carbocycles. The predicted molar refractivity (Wildman–Crippen MR) is 116 cm³/mol. The Labute approximate surface area is 172 Å². The number of hydrazone groups is 1. The SMILES string of the molecule is Cc1ccc(N(CC(=O)NN=C2CCCCC2)S(=O)(=O)c2ccccc2)c(C)c1. The van der Waals surface area contributed by atoms with Crippen LogP contribution in [-0.4, -0.2) is 26.6 Å². The van der Waals surface area contributed by atoms with Gasteiger partial charge in [0.05, 0.1) is 10.6 Å². The van der Waals surface area contributed by atoms with Crippen molar-refractivity contribution in [1.82, 2.24) is 5.43 Å². The molecule has 0 bridgehead atoms. The van der Waals surface area contributed by atoms with Gasteiger partial charge in [0.2, 0.25) is 0 Å². The number of carbonyl (C=O) groups is 1. The van der Waals surface area contributed by atoms with Crippen molar-refractivity contribution in [2.24, 2.45) is 5.10 Å². The van der Waals surface area contributed by atoms with E-state index in [0.717, 1.165) is 46.8 Å². The minimum absolute atomic E-state index is 0.145. The number of rotatable bonds is 6. The fourth-order valence-electron chi connectivity index (χ4n) is 3.48. The molecule has 6 nitrogen and oxygen atoms in total. The fraction of sp³-hybridized carbons (Fsp3) is 0.364. The quantitative estimate of drug-likeness (QED) is 0.729. The summed E-state index contributed by atoms with van der Waals surface area (Å²) in [6.07, 6.45) is 5.09. The normalized spacial score (nSPS) is 14.3. The van der Waals surface area contributed by atoms with Crippen LogP contribution in [-0.2, 0) is 14.8 Å². The number of nitrogens with one attached hydrogen (secondary N) is 1. The third kappa shape index (κ3) is 5.23. The summed E-state index contributed by atoms with van der Waals surface area (Å²) in [6.45, 7) is 3.45. The first-order valence-electron chi connectivity index (χ1n) is 9.87. The number of sulfonamides is 1. The standard InChI is InChI=1S/C22H27N3O3S/c1-17-13-14-21(18(2)15-17)25(29(27,28)20-11-7-4-8-12-20)16-22(26)24-23-19-9-5-3-6-10-19/h4,7-8,11-15H,3,5-6,9-10,16H2,1-2H3,(H,24,26). The van der Waals surface area contributed by atoms with E-state index >= 15 is 0 Å². The highest BCUT2D eigenvalue weighted by molar-refractivity contribution is 7.92. The number of aryl methyl sites for hydroxylation is 2. The average molecular weight is 414 g/mol. The molecule has 1 fully saturated rings. The number of anilines is 1. The number of amides is 1. The molecule has 0 aromatic heterocycles. The van der Waals surface area contributed by atoms with Crippen molar-refractivity contribution in [2.75, 3.05) is 10.8 Å². The molecule has 29 heavy (non-hydrogen) atoms. The molecule has 0 spiro atoms. The van der Waals surface area contributed by atoms with Gasteiger partial charge in [0.15, 0.2) is 0 Å². The first kappa shape index (κ1) is 21.0. The minimum Gasteiger partial charge on any atom is -0.271 e. The smallest absolute Gasteiger partial charge is 0.264 e. The highest BCUT2D eigenvalue weighted by atomic mass is 32.2. The van der Waals surface area contributed by atoms with E-state index in [9.17, 15) is 13.2 Å². The van der Waals surface area contributed by atoms with E-state index in [1.807, 2.05) is 26.0 Å². The number of benzene rings is 2. The van der Waals surface area contributed by atoms with Gasteiger partial charge in [0, 0.05) is 5.71 Å². The lowest BCUT2D eigenvalue weighted by atomic mass is 9.99. The Bertz CT molecular complexity index is 993. The molecule has 1 aliphatic carbocycles. The van der Waals surface area contributed by atoms with E-state index in [1.165, 1.54) is 18.6 Å². The van der Waals surface area contributed by atoms with Crippen LogP contribution < -0.4 is 9.73 Å². The molecule has 1 N–H and O–H groups in total. The van der Waals surface area contributed by atoms with Crippen LogP contribution in [0.25, 0.3) is 0 Å². The molecule has 0 radical (unpaired) electrons. The molecule has 0 atom stereocenters. The molecule has 0 saturated heterocycles. The first-order chi connectivity index (χ1) is 13.9. The van der Waals surface area contributed by atoms with E-state index in [0.29, 0.717) is 5.69 Å². The summed E-state index contributed by atoms with van der Waals surface area (Å²) < 4.78 is 27.8. The Morgan fingerprint density at radius 2 is 1.72 bits per heavy atom. The molecule has 1 amide bonds. The Kier molecular flexibility index (Phi) is 6.69. The molecular weight excluding hydrogens is 386 g/mol. The van der Waals surface area contributed by atoms with Crippen molar-refractivity contribution in [3.05, 3.63) is 59.7 Å². The number of carbonyl (C=O) groups excluding carboxylic acids is 1. The summed E-state index contributed by atoms with van der Waals surface area (Å²) in [7, 11) is -3.90. The zero-order valence-corrected chi connectivity index (χ0v) is 17.7. The molecule has 2 aromatic rings. The Morgan fingerprint density at radius 1 is 1.03 bits per heavy atom. The van der Waals surface area contributed by atoms with Gasteiger partial charge in [-0.2, -0.15) is 5.10 Å². The maximum absolute atomic E-state index is 13.3. The van der Waals surface area contributed by atoms with E-state index in [2.05, 4.69) is 10.5 Å². The molecule has 0 unspecified atom stereocenters. The summed E-state index contributed by atoms with van der Waals surface area (Å²) in [5, 5.41) is 4.22. The van der Waals surface area contributed by atoms with E-state index in [4.69, 9.17) is 0 Å². The summed E-state index contributed by atoms with van der Waals surface area (Å²) in [5.41, 5.74) is 5.81. The largest absolute Gasteiger partial charge is 0.271 e. The molecule has 1 aliphatic rings. The van der Waals surface area contributed by atoms with Gasteiger partial charge in [0.25, 0.3) is 15.9 Å². The van der Waals surface area contributed by atoms with Gasteiger partial charge >= 0.3 is 0 Å². The lowest BCUT2D eigenvalue weighted by Gasteiger charge is -2.25. The third-order valence-corrected chi connectivity index (χ3v) is 6.78. The topological polar surface area (TPSA) is 78.8 Å². The van der Waals surface area contributed by atoms with Crippen LogP contribution in [0.2, 0.25) is 0 Å². The van der Waals surface area contributed by atoms with Crippen LogP contribution >= 0.6 is 0 Å². The lowest BCUT2D eigenvalue weighted by Crippen LogP contribution is -2.40. The van der Waals surface area contributed by atoms with Gasteiger partial charge in [-0.25, -0.2) is 13.8 Å². The van der Waals surface area contributed by atoms with Gasteiger partial charge in [0.1, 0.15) is 6.54 Å². The predicted octanol–water partition coefficient (Wildman–Crippen LogP) is 3.94. The average Bonchev–Trinajstić information content (AvgIpc) is 2.72. The molecular formula is C22H27N3O3S. The van der Waals surface area contributed by atoms with E-state index < -0.39 is 15.9 Å². The number of hydrogen-bond acceptors (Lipinski definition) is 4. The highest BCUT2D eigenvalue weighted by Crippen LogP contribution is 2.27. The van der Waals surface area contributed by atoms with Crippen molar-refractivity contribution >= 4 is 27.3 Å². The molecule has 0 aliphatic heterocycles. The maximum Gasteiger partial charge on any atom is 0.264 e. The van der Waals surface area contributed by atoms with Crippen molar-refractivity contribution < 1.29 is 13.2 Å². The van der Waals surface area contributed by atoms with Crippen molar-refractivity contribution in [3.8, 4) is 0 Å². The molecule has 0 heterocycles. The monoisotopic (exact) mass is 413 g/mol. The molecule has 2 aromatic carbocycles. The summed E-state index contributed by atoms with van der Waals surface area (Å²) in [5.74, 6) is -0.456. The summed E-state index contributed by atoms with van der Waals surface area (Å²) >= 11 is 0. The molecule has 7 heteroatoms. The maximum atomic E-state index is 13.3. The van der Waals surface area contributed by atoms with E-state index in [-0.39, 0.29) is 11.4 Å². The van der Waals surface area contributed by atoms with Crippen molar-refractivity contribution in [2.45, 2.75) is 50.8 Å². The first-order valence-corrected chi connectivity index (χ1v) is 11.3. The second-order valence-electron chi connectivity index (χ2n) is 7.39. The second kappa shape index (κ2) is 9.22. The number of nitrogens with zero attached hydrogens (tertiary/aromatic N) is 2. The van der Waals surface area contributed by atoms with Crippen molar-refractivity contribution in [1.29, 1.82) is 0 Å². The van der Waals surface area contributed by atoms with Gasteiger partial charge in [-0.3, -0.25) is 9.10 Å². The van der Waals surface area contributed by atoms with Crippen LogP contribution in [0, 0.1) is 13.8 Å². The van der Waals surface area contributed by atoms with Gasteiger partial charge in [-0.1, -0.05) is 42.3 Å². The van der Waals surface area contributed by atoms with Crippen LogP contribution in [0.4, 0.5) is 5.69 Å². The highest BCUT2D eigenvalue weighted by Gasteiger charge is 2.28. The van der Waals surface area contributed by atoms with Crippen molar-refractivity contribution in [3.63, 3.8) is 0 Å². The summed E-state index contributed by atoms with van der Waals surface area (Å²) in [6, 6.07) is 13.7. The fourth-order valence-corrected chi connectivity index (χ4v) is 4.99. The lowest BCUT2D eigenvalue weighted by molar-refractivity contribution is -0.119. The zero-order valence-electron chi connectivity index (χ0n) is 16.9. The van der Waals surface area contributed by atoms with E-state index in [1.54, 1.807) is 24.3 Å². The van der Waals surface area contributed by atoms with Crippen LogP contribution in [0.15, 0.2) is 58.5 Å². The van der Waals surface area contributed by atoms with Crippen LogP contribution in [0.3, 0.4) is 0 Å². The third-order valence-electron chi connectivity index (χ3n) is 5.01. The number of hydrogen-bond donors (Lipinski definition) is 1. The van der Waals surface area contributed by atoms with Crippen LogP contribution in [0.5, 0.6) is 0 Å². The zero-order chi connectivity index (χ0) is 20.9. The minimum atomic E-state index is -3.90. The van der Waals surface area contributed by atoms with Crippen LogP contribution in [0.1, 0.15) is 43.2 Å². The Morgan fingerprint density at radius 3 is 2.38 bits per heavy atom. The molecule has 154 valence electrons. The Balaban J connectivity index is 1.89.